The van der Waals surface area contributed by atoms with E-state index in [0.29, 0.717) is 12.0 Å². The van der Waals surface area contributed by atoms with Crippen LogP contribution in [-0.2, 0) is 9.47 Å². The van der Waals surface area contributed by atoms with Crippen LogP contribution in [0, 0.1) is 5.92 Å². The summed E-state index contributed by atoms with van der Waals surface area (Å²) in [6.45, 7) is 6.39. The number of hydrogen-bond donors (Lipinski definition) is 0. The summed E-state index contributed by atoms with van der Waals surface area (Å²) >= 11 is 0. The van der Waals surface area contributed by atoms with Crippen molar-refractivity contribution in [3.8, 4) is 0 Å². The van der Waals surface area contributed by atoms with Crippen molar-refractivity contribution in [1.29, 1.82) is 0 Å². The highest BCUT2D eigenvalue weighted by atomic mass is 16.7. The van der Waals surface area contributed by atoms with Crippen molar-refractivity contribution in [1.82, 2.24) is 0 Å². The first-order valence-electron chi connectivity index (χ1n) is 5.25. The number of allylic oxidation sites excluding steroid dienone is 2. The van der Waals surface area contributed by atoms with Crippen molar-refractivity contribution in [2.75, 3.05) is 0 Å². The Bertz CT molecular complexity index is 326. The second kappa shape index (κ2) is 2.31. The van der Waals surface area contributed by atoms with E-state index in [4.69, 9.17) is 9.47 Å². The lowest BCUT2D eigenvalue weighted by Gasteiger charge is -2.41. The van der Waals surface area contributed by atoms with E-state index in [1.807, 2.05) is 0 Å². The molecule has 1 aliphatic carbocycles. The van der Waals surface area contributed by atoms with Gasteiger partial charge in [0.15, 0.2) is 0 Å². The van der Waals surface area contributed by atoms with Gasteiger partial charge in [-0.2, -0.15) is 0 Å². The van der Waals surface area contributed by atoms with Gasteiger partial charge in [-0.3, -0.25) is 0 Å². The summed E-state index contributed by atoms with van der Waals surface area (Å²) < 4.78 is 11.9. The topological polar surface area (TPSA) is 21.8 Å². The molecule has 2 heteroatoms. The van der Waals surface area contributed by atoms with Crippen LogP contribution in [-0.4, -0.2) is 23.4 Å². The lowest BCUT2D eigenvalue weighted by atomic mass is 9.77. The van der Waals surface area contributed by atoms with Gasteiger partial charge in [-0.25, -0.2) is 0 Å². The minimum absolute atomic E-state index is 0.0797. The lowest BCUT2D eigenvalue weighted by molar-refractivity contribution is -0.117. The molecule has 0 bridgehead atoms. The van der Waals surface area contributed by atoms with E-state index in [2.05, 4.69) is 45.1 Å². The first-order valence-corrected chi connectivity index (χ1v) is 5.25. The Morgan fingerprint density at radius 3 is 2.50 bits per heavy atom. The van der Waals surface area contributed by atoms with Crippen LogP contribution in [0.25, 0.3) is 0 Å². The molecular formula is C12H16O2. The van der Waals surface area contributed by atoms with Crippen LogP contribution < -0.4 is 0 Å². The molecule has 3 aliphatic rings. The first kappa shape index (κ1) is 8.69. The zero-order valence-electron chi connectivity index (χ0n) is 8.86. The molecule has 0 aromatic heterocycles. The minimum Gasteiger partial charge on any atom is -0.364 e. The highest BCUT2D eigenvalue weighted by molar-refractivity contribution is 5.27. The number of ether oxygens (including phenoxy) is 2. The highest BCUT2D eigenvalue weighted by Crippen LogP contribution is 2.56. The summed E-state index contributed by atoms with van der Waals surface area (Å²) in [6, 6.07) is 0. The monoisotopic (exact) mass is 192 g/mol. The molecule has 2 aliphatic heterocycles. The fourth-order valence-electron chi connectivity index (χ4n) is 2.61. The molecule has 2 fully saturated rings. The molecule has 2 heterocycles. The van der Waals surface area contributed by atoms with E-state index in [9.17, 15) is 0 Å². The van der Waals surface area contributed by atoms with Crippen molar-refractivity contribution in [2.24, 2.45) is 5.92 Å². The number of hydrogen-bond acceptors (Lipinski definition) is 2. The van der Waals surface area contributed by atoms with Crippen molar-refractivity contribution >= 4 is 0 Å². The van der Waals surface area contributed by atoms with E-state index < -0.39 is 0 Å². The maximum atomic E-state index is 6.07. The van der Waals surface area contributed by atoms with Gasteiger partial charge in [0.2, 0.25) is 0 Å². The van der Waals surface area contributed by atoms with E-state index in [0.717, 1.165) is 0 Å². The molecule has 0 radical (unpaired) electrons. The Labute approximate surface area is 84.6 Å². The van der Waals surface area contributed by atoms with Crippen LogP contribution in [0.1, 0.15) is 20.8 Å². The molecule has 0 aromatic carbocycles. The van der Waals surface area contributed by atoms with Crippen LogP contribution in [0.5, 0.6) is 0 Å². The molecular weight excluding hydrogens is 176 g/mol. The Hall–Kier alpha value is -0.600. The van der Waals surface area contributed by atoms with Gasteiger partial charge >= 0.3 is 0 Å². The fourth-order valence-corrected chi connectivity index (χ4v) is 2.61. The maximum absolute atomic E-state index is 6.07. The fraction of sp³-hybridized carbons (Fsp3) is 0.667. The van der Waals surface area contributed by atoms with E-state index in [1.165, 1.54) is 0 Å². The van der Waals surface area contributed by atoms with Crippen molar-refractivity contribution in [3.05, 3.63) is 24.3 Å². The van der Waals surface area contributed by atoms with Gasteiger partial charge in [-0.1, -0.05) is 24.3 Å². The van der Waals surface area contributed by atoms with Crippen LogP contribution in [0.2, 0.25) is 0 Å². The summed E-state index contributed by atoms with van der Waals surface area (Å²) in [4.78, 5) is 0. The van der Waals surface area contributed by atoms with Crippen LogP contribution in [0.3, 0.4) is 0 Å². The van der Waals surface area contributed by atoms with E-state index >= 15 is 0 Å². The average Bonchev–Trinajstić information content (AvgIpc) is 2.80. The predicted octanol–water partition coefficient (Wildman–Crippen LogP) is 2.06. The SMILES string of the molecule is CC1(C)OC2C=CC=CC2C2OC21C. The molecule has 2 saturated heterocycles. The van der Waals surface area contributed by atoms with Crippen LogP contribution in [0.15, 0.2) is 24.3 Å². The molecule has 0 aromatic rings. The second-order valence-corrected chi connectivity index (χ2v) is 5.09. The molecule has 76 valence electrons. The third-order valence-electron chi connectivity index (χ3n) is 3.96. The molecule has 4 atom stereocenters. The molecule has 4 unspecified atom stereocenters. The van der Waals surface area contributed by atoms with Crippen LogP contribution >= 0.6 is 0 Å². The van der Waals surface area contributed by atoms with Crippen LogP contribution in [0.4, 0.5) is 0 Å². The molecule has 0 amide bonds. The average molecular weight is 192 g/mol. The van der Waals surface area contributed by atoms with Crippen molar-refractivity contribution in [2.45, 2.75) is 44.2 Å². The van der Waals surface area contributed by atoms with Gasteiger partial charge in [-0.05, 0) is 20.8 Å². The molecule has 0 saturated carbocycles. The van der Waals surface area contributed by atoms with Gasteiger partial charge in [0.1, 0.15) is 5.60 Å². The summed E-state index contributed by atoms with van der Waals surface area (Å²) in [7, 11) is 0. The number of fused-ring (bicyclic) bond motifs is 3. The zero-order valence-corrected chi connectivity index (χ0v) is 8.86. The normalized spacial score (nSPS) is 52.4. The maximum Gasteiger partial charge on any atom is 0.121 e. The van der Waals surface area contributed by atoms with Gasteiger partial charge in [-0.15, -0.1) is 0 Å². The zero-order chi connectivity index (χ0) is 9.97. The molecule has 0 spiro atoms. The Balaban J connectivity index is 1.96. The molecule has 3 rings (SSSR count). The van der Waals surface area contributed by atoms with E-state index in [-0.39, 0.29) is 17.3 Å². The quantitative estimate of drug-likeness (QED) is 0.548. The largest absolute Gasteiger partial charge is 0.364 e. The lowest BCUT2D eigenvalue weighted by Crippen LogP contribution is -2.52. The standard InChI is InChI=1S/C12H16O2/c1-11(2)12(3)10(14-12)8-6-4-5-7-9(8)13-11/h4-10H,1-3H3. The summed E-state index contributed by atoms with van der Waals surface area (Å²) in [5, 5.41) is 0. The Morgan fingerprint density at radius 1 is 1.00 bits per heavy atom. The highest BCUT2D eigenvalue weighted by Gasteiger charge is 2.69. The third-order valence-corrected chi connectivity index (χ3v) is 3.96. The van der Waals surface area contributed by atoms with Crippen molar-refractivity contribution < 1.29 is 9.47 Å². The second-order valence-electron chi connectivity index (χ2n) is 5.09. The predicted molar refractivity (Wildman–Crippen MR) is 54.0 cm³/mol. The third kappa shape index (κ3) is 0.882. The van der Waals surface area contributed by atoms with Gasteiger partial charge < -0.3 is 9.47 Å². The first-order chi connectivity index (χ1) is 6.55. The Morgan fingerprint density at radius 2 is 1.71 bits per heavy atom. The smallest absolute Gasteiger partial charge is 0.121 e. The van der Waals surface area contributed by atoms with Gasteiger partial charge in [0.05, 0.1) is 17.8 Å². The summed E-state index contributed by atoms with van der Waals surface area (Å²) in [5.74, 6) is 0.415. The number of rotatable bonds is 0. The van der Waals surface area contributed by atoms with E-state index in [1.54, 1.807) is 0 Å². The molecule has 14 heavy (non-hydrogen) atoms. The molecule has 0 N–H and O–H groups in total. The van der Waals surface area contributed by atoms with Gasteiger partial charge in [0.25, 0.3) is 0 Å². The van der Waals surface area contributed by atoms with Gasteiger partial charge in [0, 0.05) is 5.92 Å². The molecule has 2 nitrogen and oxygen atoms in total. The summed E-state index contributed by atoms with van der Waals surface area (Å²) in [5.41, 5.74) is -0.252. The minimum atomic E-state index is -0.172. The van der Waals surface area contributed by atoms with Crippen molar-refractivity contribution in [3.63, 3.8) is 0 Å². The summed E-state index contributed by atoms with van der Waals surface area (Å²) in [6.07, 6.45) is 9.03. The number of epoxide rings is 1. The Kier molecular flexibility index (Phi) is 1.43.